The summed E-state index contributed by atoms with van der Waals surface area (Å²) in [5.74, 6) is 0.354. The van der Waals surface area contributed by atoms with Crippen molar-refractivity contribution in [3.05, 3.63) is 52.0 Å². The van der Waals surface area contributed by atoms with Crippen molar-refractivity contribution < 1.29 is 9.13 Å². The first-order valence-electron chi connectivity index (χ1n) is 7.11. The molecule has 7 heteroatoms. The molecular formula is C16H21Cl2FN2OS. The Morgan fingerprint density at radius 3 is 2.52 bits per heavy atom. The SMILES string of the molecule is COc1ccc([C@@H](c2cccs2)N2CCNCC2)c(F)c1.Cl.Cl. The smallest absolute Gasteiger partial charge is 0.132 e. The van der Waals surface area contributed by atoms with Crippen molar-refractivity contribution in [2.24, 2.45) is 0 Å². The van der Waals surface area contributed by atoms with E-state index >= 15 is 0 Å². The van der Waals surface area contributed by atoms with Crippen LogP contribution in [0.3, 0.4) is 0 Å². The number of nitrogens with zero attached hydrogens (tertiary/aromatic N) is 1. The second kappa shape index (κ2) is 9.45. The molecule has 1 aromatic heterocycles. The maximum absolute atomic E-state index is 14.5. The van der Waals surface area contributed by atoms with Crippen LogP contribution < -0.4 is 10.1 Å². The molecule has 128 valence electrons. The molecule has 1 N–H and O–H groups in total. The number of benzene rings is 1. The molecule has 1 atom stereocenters. The second-order valence-electron chi connectivity index (χ2n) is 5.09. The highest BCUT2D eigenvalue weighted by Crippen LogP contribution is 2.34. The Morgan fingerprint density at radius 2 is 1.96 bits per heavy atom. The summed E-state index contributed by atoms with van der Waals surface area (Å²) in [4.78, 5) is 3.52. The van der Waals surface area contributed by atoms with Gasteiger partial charge in [0.1, 0.15) is 11.6 Å². The van der Waals surface area contributed by atoms with Crippen LogP contribution in [0.15, 0.2) is 35.7 Å². The van der Waals surface area contributed by atoms with Gasteiger partial charge in [0.25, 0.3) is 0 Å². The first-order valence-corrected chi connectivity index (χ1v) is 7.99. The van der Waals surface area contributed by atoms with Crippen LogP contribution >= 0.6 is 36.2 Å². The lowest BCUT2D eigenvalue weighted by Gasteiger charge is -2.35. The van der Waals surface area contributed by atoms with Crippen molar-refractivity contribution in [2.45, 2.75) is 6.04 Å². The zero-order chi connectivity index (χ0) is 14.7. The fourth-order valence-electron chi connectivity index (χ4n) is 2.77. The van der Waals surface area contributed by atoms with Crippen molar-refractivity contribution in [3.63, 3.8) is 0 Å². The van der Waals surface area contributed by atoms with Gasteiger partial charge in [-0.25, -0.2) is 4.39 Å². The largest absolute Gasteiger partial charge is 0.497 e. The lowest BCUT2D eigenvalue weighted by Crippen LogP contribution is -2.45. The highest BCUT2D eigenvalue weighted by Gasteiger charge is 2.27. The van der Waals surface area contributed by atoms with Gasteiger partial charge in [-0.2, -0.15) is 0 Å². The molecule has 2 aromatic rings. The van der Waals surface area contributed by atoms with Gasteiger partial charge in [-0.05, 0) is 17.5 Å². The first kappa shape index (κ1) is 20.2. The minimum absolute atomic E-state index is 0. The van der Waals surface area contributed by atoms with Crippen LogP contribution in [0.25, 0.3) is 0 Å². The highest BCUT2D eigenvalue weighted by atomic mass is 35.5. The summed E-state index contributed by atoms with van der Waals surface area (Å²) in [6.07, 6.45) is 0. The summed E-state index contributed by atoms with van der Waals surface area (Å²) in [7, 11) is 1.56. The Hall–Kier alpha value is -0.850. The molecule has 0 amide bonds. The Labute approximate surface area is 152 Å². The summed E-state index contributed by atoms with van der Waals surface area (Å²) >= 11 is 1.68. The van der Waals surface area contributed by atoms with Gasteiger partial charge in [0.05, 0.1) is 13.2 Å². The fourth-order valence-corrected chi connectivity index (χ4v) is 3.65. The molecule has 0 spiro atoms. The van der Waals surface area contributed by atoms with E-state index in [0.29, 0.717) is 5.75 Å². The molecule has 1 saturated heterocycles. The van der Waals surface area contributed by atoms with Crippen molar-refractivity contribution in [3.8, 4) is 5.75 Å². The summed E-state index contributed by atoms with van der Waals surface area (Å²) in [5, 5.41) is 5.39. The van der Waals surface area contributed by atoms with Gasteiger partial charge in [-0.3, -0.25) is 4.90 Å². The van der Waals surface area contributed by atoms with Crippen LogP contribution in [0.5, 0.6) is 5.75 Å². The quantitative estimate of drug-likeness (QED) is 0.876. The maximum Gasteiger partial charge on any atom is 0.132 e. The van der Waals surface area contributed by atoms with Gasteiger partial charge in [0, 0.05) is 42.7 Å². The monoisotopic (exact) mass is 378 g/mol. The van der Waals surface area contributed by atoms with E-state index in [1.54, 1.807) is 18.4 Å². The third kappa shape index (κ3) is 4.58. The molecule has 2 heterocycles. The predicted molar refractivity (Wildman–Crippen MR) is 98.1 cm³/mol. The maximum atomic E-state index is 14.5. The standard InChI is InChI=1S/C16H19FN2OS.2ClH/c1-20-12-4-5-13(14(17)11-12)16(15-3-2-10-21-15)19-8-6-18-7-9-19;;/h2-5,10-11,16,18H,6-9H2,1H3;2*1H/t16-;;/m0../s1. The number of ether oxygens (including phenoxy) is 1. The van der Waals surface area contributed by atoms with Gasteiger partial charge >= 0.3 is 0 Å². The average molecular weight is 379 g/mol. The number of piperazine rings is 1. The molecule has 0 aliphatic carbocycles. The number of rotatable bonds is 4. The molecule has 1 fully saturated rings. The van der Waals surface area contributed by atoms with E-state index in [2.05, 4.69) is 16.3 Å². The Kier molecular flexibility index (Phi) is 8.29. The lowest BCUT2D eigenvalue weighted by molar-refractivity contribution is 0.197. The van der Waals surface area contributed by atoms with Crippen molar-refractivity contribution in [1.82, 2.24) is 10.2 Å². The van der Waals surface area contributed by atoms with Gasteiger partial charge in [-0.15, -0.1) is 36.2 Å². The molecule has 0 unspecified atom stereocenters. The van der Waals surface area contributed by atoms with E-state index in [4.69, 9.17) is 4.74 Å². The number of halogens is 3. The zero-order valence-electron chi connectivity index (χ0n) is 12.8. The van der Waals surface area contributed by atoms with E-state index in [0.717, 1.165) is 31.7 Å². The molecule has 1 aromatic carbocycles. The van der Waals surface area contributed by atoms with E-state index in [1.165, 1.54) is 10.9 Å². The molecular weight excluding hydrogens is 358 g/mol. The van der Waals surface area contributed by atoms with Gasteiger partial charge in [-0.1, -0.05) is 12.1 Å². The van der Waals surface area contributed by atoms with Gasteiger partial charge in [0.2, 0.25) is 0 Å². The third-order valence-electron chi connectivity index (χ3n) is 3.83. The summed E-state index contributed by atoms with van der Waals surface area (Å²) in [5.41, 5.74) is 0.722. The summed E-state index contributed by atoms with van der Waals surface area (Å²) in [6, 6.07) is 9.25. The third-order valence-corrected chi connectivity index (χ3v) is 4.76. The second-order valence-corrected chi connectivity index (χ2v) is 6.07. The van der Waals surface area contributed by atoms with Crippen LogP contribution in [0.2, 0.25) is 0 Å². The van der Waals surface area contributed by atoms with Crippen molar-refractivity contribution in [2.75, 3.05) is 33.3 Å². The minimum atomic E-state index is -0.203. The Balaban J connectivity index is 0.00000132. The average Bonchev–Trinajstić information content (AvgIpc) is 3.04. The van der Waals surface area contributed by atoms with Crippen molar-refractivity contribution in [1.29, 1.82) is 0 Å². The fraction of sp³-hybridized carbons (Fsp3) is 0.375. The molecule has 3 rings (SSSR count). The molecule has 0 bridgehead atoms. The summed E-state index contributed by atoms with van der Waals surface area (Å²) in [6.45, 7) is 3.74. The number of hydrogen-bond acceptors (Lipinski definition) is 4. The molecule has 1 aliphatic rings. The highest BCUT2D eigenvalue weighted by molar-refractivity contribution is 7.10. The van der Waals surface area contributed by atoms with Crippen LogP contribution in [0.4, 0.5) is 4.39 Å². The van der Waals surface area contributed by atoms with E-state index in [9.17, 15) is 4.39 Å². The minimum Gasteiger partial charge on any atom is -0.497 e. The number of hydrogen-bond donors (Lipinski definition) is 1. The first-order chi connectivity index (χ1) is 10.3. The Morgan fingerprint density at radius 1 is 1.22 bits per heavy atom. The molecule has 0 radical (unpaired) electrons. The predicted octanol–water partition coefficient (Wildman–Crippen LogP) is 3.73. The van der Waals surface area contributed by atoms with Gasteiger partial charge in [0.15, 0.2) is 0 Å². The Bertz CT molecular complexity index is 592. The molecule has 0 saturated carbocycles. The van der Waals surface area contributed by atoms with Gasteiger partial charge < -0.3 is 10.1 Å². The lowest BCUT2D eigenvalue weighted by atomic mass is 10.0. The molecule has 1 aliphatic heterocycles. The van der Waals surface area contributed by atoms with Crippen molar-refractivity contribution >= 4 is 36.2 Å². The van der Waals surface area contributed by atoms with E-state index < -0.39 is 0 Å². The number of nitrogens with one attached hydrogen (secondary N) is 1. The summed E-state index contributed by atoms with van der Waals surface area (Å²) < 4.78 is 19.6. The topological polar surface area (TPSA) is 24.5 Å². The normalized spacial score (nSPS) is 16.1. The van der Waals surface area contributed by atoms with Crippen LogP contribution in [-0.4, -0.2) is 38.2 Å². The number of methoxy groups -OCH3 is 1. The van der Waals surface area contributed by atoms with Crippen LogP contribution in [0, 0.1) is 5.82 Å². The van der Waals surface area contributed by atoms with E-state index in [1.807, 2.05) is 23.6 Å². The number of thiophene rings is 1. The van der Waals surface area contributed by atoms with Crippen LogP contribution in [-0.2, 0) is 0 Å². The molecule has 3 nitrogen and oxygen atoms in total. The van der Waals surface area contributed by atoms with Crippen LogP contribution in [0.1, 0.15) is 16.5 Å². The van der Waals surface area contributed by atoms with E-state index in [-0.39, 0.29) is 36.7 Å². The zero-order valence-corrected chi connectivity index (χ0v) is 15.3. The molecule has 23 heavy (non-hydrogen) atoms.